The highest BCUT2D eigenvalue weighted by atomic mass is 35.5. The molecule has 0 aliphatic carbocycles. The van der Waals surface area contributed by atoms with E-state index in [-0.39, 0.29) is 12.3 Å². The summed E-state index contributed by atoms with van der Waals surface area (Å²) in [6, 6.07) is 9.61. The molecule has 1 heterocycles. The van der Waals surface area contributed by atoms with Gasteiger partial charge >= 0.3 is 6.18 Å². The van der Waals surface area contributed by atoms with Crippen LogP contribution >= 0.6 is 22.9 Å². The predicted molar refractivity (Wildman–Crippen MR) is 103 cm³/mol. The first kappa shape index (κ1) is 20.2. The van der Waals surface area contributed by atoms with Crippen LogP contribution in [0, 0.1) is 0 Å². The number of thiazole rings is 1. The lowest BCUT2D eigenvalue weighted by Crippen LogP contribution is -2.15. The van der Waals surface area contributed by atoms with Crippen LogP contribution in [0.2, 0.25) is 5.02 Å². The number of halogens is 4. The quantitative estimate of drug-likeness (QED) is 0.571. The third-order valence-corrected chi connectivity index (χ3v) is 4.96. The van der Waals surface area contributed by atoms with E-state index in [0.717, 1.165) is 12.1 Å². The fraction of sp³-hybridized carbons (Fsp3) is 0.158. The Morgan fingerprint density at radius 1 is 1.21 bits per heavy atom. The SMILES string of the molecule is COc1ccc(Cl)cc1NC(=O)Cc1csc(-c2ccc(C(F)(F)F)cc2)n1. The minimum absolute atomic E-state index is 0.00675. The number of methoxy groups -OCH3 is 1. The van der Waals surface area contributed by atoms with Crippen LogP contribution in [0.5, 0.6) is 5.75 Å². The van der Waals surface area contributed by atoms with E-state index < -0.39 is 11.7 Å². The van der Waals surface area contributed by atoms with Crippen molar-refractivity contribution in [2.75, 3.05) is 12.4 Å². The predicted octanol–water partition coefficient (Wildman–Crippen LogP) is 5.67. The van der Waals surface area contributed by atoms with Crippen LogP contribution in [-0.2, 0) is 17.4 Å². The lowest BCUT2D eigenvalue weighted by atomic mass is 10.1. The summed E-state index contributed by atoms with van der Waals surface area (Å²) in [7, 11) is 1.48. The average molecular weight is 427 g/mol. The fourth-order valence-corrected chi connectivity index (χ4v) is 3.46. The van der Waals surface area contributed by atoms with Crippen molar-refractivity contribution in [2.24, 2.45) is 0 Å². The summed E-state index contributed by atoms with van der Waals surface area (Å²) in [5.41, 5.74) is 0.792. The monoisotopic (exact) mass is 426 g/mol. The average Bonchev–Trinajstić information content (AvgIpc) is 3.09. The smallest absolute Gasteiger partial charge is 0.416 e. The Bertz CT molecular complexity index is 988. The lowest BCUT2D eigenvalue weighted by Gasteiger charge is -2.10. The van der Waals surface area contributed by atoms with Crippen LogP contribution in [0.1, 0.15) is 11.3 Å². The number of alkyl halides is 3. The highest BCUT2D eigenvalue weighted by Crippen LogP contribution is 2.32. The Balaban J connectivity index is 1.69. The fourth-order valence-electron chi connectivity index (χ4n) is 2.46. The van der Waals surface area contributed by atoms with Crippen molar-refractivity contribution in [3.8, 4) is 16.3 Å². The molecule has 0 spiro atoms. The minimum atomic E-state index is -4.38. The first-order valence-electron chi connectivity index (χ1n) is 8.01. The van der Waals surface area contributed by atoms with E-state index in [2.05, 4.69) is 10.3 Å². The highest BCUT2D eigenvalue weighted by Gasteiger charge is 2.30. The molecule has 1 N–H and O–H groups in total. The molecule has 2 aromatic carbocycles. The highest BCUT2D eigenvalue weighted by molar-refractivity contribution is 7.13. The zero-order chi connectivity index (χ0) is 20.3. The molecule has 0 aliphatic heterocycles. The molecule has 146 valence electrons. The maximum Gasteiger partial charge on any atom is 0.416 e. The summed E-state index contributed by atoms with van der Waals surface area (Å²) in [6.07, 6.45) is -4.38. The molecule has 0 fully saturated rings. The molecule has 3 aromatic rings. The van der Waals surface area contributed by atoms with Gasteiger partial charge in [0.05, 0.1) is 30.5 Å². The molecule has 0 saturated heterocycles. The van der Waals surface area contributed by atoms with Gasteiger partial charge in [0.25, 0.3) is 0 Å². The number of amides is 1. The summed E-state index contributed by atoms with van der Waals surface area (Å²) in [5, 5.41) is 5.40. The number of anilines is 1. The summed E-state index contributed by atoms with van der Waals surface area (Å²) >= 11 is 7.20. The number of carbonyl (C=O) groups is 1. The van der Waals surface area contributed by atoms with Gasteiger partial charge in [0.15, 0.2) is 0 Å². The largest absolute Gasteiger partial charge is 0.495 e. The van der Waals surface area contributed by atoms with Crippen LogP contribution < -0.4 is 10.1 Å². The van der Waals surface area contributed by atoms with Crippen LogP contribution in [0.25, 0.3) is 10.6 Å². The molecule has 0 unspecified atom stereocenters. The van der Waals surface area contributed by atoms with Crippen LogP contribution in [0.15, 0.2) is 47.8 Å². The maximum atomic E-state index is 12.7. The minimum Gasteiger partial charge on any atom is -0.495 e. The molecule has 0 aliphatic rings. The number of hydrogen-bond donors (Lipinski definition) is 1. The Morgan fingerprint density at radius 3 is 2.57 bits per heavy atom. The summed E-state index contributed by atoms with van der Waals surface area (Å²) in [4.78, 5) is 16.6. The van der Waals surface area contributed by atoms with Gasteiger partial charge in [0.1, 0.15) is 10.8 Å². The second kappa shape index (κ2) is 8.20. The van der Waals surface area contributed by atoms with E-state index in [1.54, 1.807) is 23.6 Å². The number of nitrogens with one attached hydrogen (secondary N) is 1. The molecular formula is C19H14ClF3N2O2S. The van der Waals surface area contributed by atoms with Crippen molar-refractivity contribution in [2.45, 2.75) is 12.6 Å². The van der Waals surface area contributed by atoms with Crippen molar-refractivity contribution in [1.82, 2.24) is 4.98 Å². The molecule has 0 radical (unpaired) electrons. The van der Waals surface area contributed by atoms with Crippen molar-refractivity contribution in [3.63, 3.8) is 0 Å². The van der Waals surface area contributed by atoms with Gasteiger partial charge in [-0.25, -0.2) is 4.98 Å². The van der Waals surface area contributed by atoms with E-state index in [9.17, 15) is 18.0 Å². The molecule has 1 amide bonds. The van der Waals surface area contributed by atoms with Crippen molar-refractivity contribution < 1.29 is 22.7 Å². The molecule has 28 heavy (non-hydrogen) atoms. The van der Waals surface area contributed by atoms with E-state index in [1.165, 1.54) is 30.6 Å². The second-order valence-electron chi connectivity index (χ2n) is 5.79. The van der Waals surface area contributed by atoms with Gasteiger partial charge < -0.3 is 10.1 Å². The van der Waals surface area contributed by atoms with Crippen LogP contribution in [-0.4, -0.2) is 18.0 Å². The van der Waals surface area contributed by atoms with E-state index in [1.807, 2.05) is 0 Å². The maximum absolute atomic E-state index is 12.7. The van der Waals surface area contributed by atoms with E-state index in [4.69, 9.17) is 16.3 Å². The van der Waals surface area contributed by atoms with Crippen molar-refractivity contribution >= 4 is 34.5 Å². The number of nitrogens with zero attached hydrogens (tertiary/aromatic N) is 1. The zero-order valence-corrected chi connectivity index (χ0v) is 16.1. The number of benzene rings is 2. The van der Waals surface area contributed by atoms with Crippen molar-refractivity contribution in [3.05, 3.63) is 64.1 Å². The van der Waals surface area contributed by atoms with Gasteiger partial charge in [-0.1, -0.05) is 23.7 Å². The first-order chi connectivity index (χ1) is 13.3. The Morgan fingerprint density at radius 2 is 1.93 bits per heavy atom. The molecular weight excluding hydrogens is 413 g/mol. The Kier molecular flexibility index (Phi) is 5.90. The van der Waals surface area contributed by atoms with Crippen molar-refractivity contribution in [1.29, 1.82) is 0 Å². The van der Waals surface area contributed by atoms with Gasteiger partial charge in [-0.05, 0) is 30.3 Å². The van der Waals surface area contributed by atoms with Gasteiger partial charge in [-0.15, -0.1) is 11.3 Å². The number of aromatic nitrogens is 1. The summed E-state index contributed by atoms with van der Waals surface area (Å²) < 4.78 is 43.1. The first-order valence-corrected chi connectivity index (χ1v) is 9.27. The molecule has 3 rings (SSSR count). The molecule has 0 atom stereocenters. The van der Waals surface area contributed by atoms with Gasteiger partial charge in [-0.2, -0.15) is 13.2 Å². The molecule has 1 aromatic heterocycles. The third kappa shape index (κ3) is 4.82. The standard InChI is InChI=1S/C19H14ClF3N2O2S/c1-27-16-7-6-13(20)8-15(16)25-17(26)9-14-10-28-18(24-14)11-2-4-12(5-3-11)19(21,22)23/h2-8,10H,9H2,1H3,(H,25,26). The second-order valence-corrected chi connectivity index (χ2v) is 7.08. The van der Waals surface area contributed by atoms with Crippen LogP contribution in [0.3, 0.4) is 0 Å². The normalized spacial score (nSPS) is 11.3. The Hall–Kier alpha value is -2.58. The molecule has 9 heteroatoms. The number of rotatable bonds is 5. The third-order valence-electron chi connectivity index (χ3n) is 3.79. The van der Waals surface area contributed by atoms with Crippen LogP contribution in [0.4, 0.5) is 18.9 Å². The molecule has 4 nitrogen and oxygen atoms in total. The number of ether oxygens (including phenoxy) is 1. The molecule has 0 saturated carbocycles. The number of carbonyl (C=O) groups excluding carboxylic acids is 1. The lowest BCUT2D eigenvalue weighted by molar-refractivity contribution is -0.137. The van der Waals surface area contributed by atoms with E-state index >= 15 is 0 Å². The van der Waals surface area contributed by atoms with Gasteiger partial charge in [-0.3, -0.25) is 4.79 Å². The molecule has 0 bridgehead atoms. The van der Waals surface area contributed by atoms with Gasteiger partial charge in [0, 0.05) is 16.0 Å². The zero-order valence-electron chi connectivity index (χ0n) is 14.5. The summed E-state index contributed by atoms with van der Waals surface area (Å²) in [5.74, 6) is 0.159. The van der Waals surface area contributed by atoms with Gasteiger partial charge in [0.2, 0.25) is 5.91 Å². The Labute approximate surface area is 167 Å². The number of hydrogen-bond acceptors (Lipinski definition) is 4. The topological polar surface area (TPSA) is 51.2 Å². The van der Waals surface area contributed by atoms with E-state index in [0.29, 0.717) is 32.7 Å². The summed E-state index contributed by atoms with van der Waals surface area (Å²) in [6.45, 7) is 0.